The van der Waals surface area contributed by atoms with Crippen LogP contribution in [0.15, 0.2) is 24.3 Å². The number of methoxy groups -OCH3 is 1. The molecule has 142 valence electrons. The van der Waals surface area contributed by atoms with Crippen LogP contribution < -0.4 is 0 Å². The van der Waals surface area contributed by atoms with Crippen molar-refractivity contribution < 1.29 is 27.5 Å². The summed E-state index contributed by atoms with van der Waals surface area (Å²) in [5.74, 6) is -0.568. The maximum absolute atomic E-state index is 12.8. The Morgan fingerprint density at radius 3 is 2.58 bits per heavy atom. The molecule has 0 radical (unpaired) electrons. The van der Waals surface area contributed by atoms with Crippen molar-refractivity contribution in [3.8, 4) is 0 Å². The number of esters is 1. The van der Waals surface area contributed by atoms with E-state index in [0.29, 0.717) is 18.5 Å². The van der Waals surface area contributed by atoms with Crippen LogP contribution in [0.4, 0.5) is 13.2 Å². The standard InChI is InChI=1S/C19H22F3NO3/c1-17(2)10-18(16(25)26-3)11-23(9-14(17)18)15(24)8-12-5-4-6-13(7-12)19(20,21)22/h4-7,14H,8-11H2,1-3H3/t14-,18+/m1/s1. The quantitative estimate of drug-likeness (QED) is 0.768. The molecule has 1 amide bonds. The molecule has 0 bridgehead atoms. The molecule has 0 aromatic heterocycles. The molecule has 2 atom stereocenters. The molecular formula is C19H22F3NO3. The maximum Gasteiger partial charge on any atom is 0.416 e. The van der Waals surface area contributed by atoms with Gasteiger partial charge in [-0.3, -0.25) is 9.59 Å². The van der Waals surface area contributed by atoms with Crippen LogP contribution in [0.2, 0.25) is 0 Å². The fourth-order valence-electron chi connectivity index (χ4n) is 4.71. The van der Waals surface area contributed by atoms with Gasteiger partial charge in [0.25, 0.3) is 0 Å². The number of ether oxygens (including phenoxy) is 1. The number of likely N-dealkylation sites (tertiary alicyclic amines) is 1. The number of hydrogen-bond acceptors (Lipinski definition) is 3. The van der Waals surface area contributed by atoms with Crippen LogP contribution in [-0.2, 0) is 26.9 Å². The molecule has 2 fully saturated rings. The highest BCUT2D eigenvalue weighted by atomic mass is 19.4. The van der Waals surface area contributed by atoms with E-state index in [1.54, 1.807) is 4.90 Å². The largest absolute Gasteiger partial charge is 0.469 e. The molecule has 26 heavy (non-hydrogen) atoms. The number of carbonyl (C=O) groups is 2. The summed E-state index contributed by atoms with van der Waals surface area (Å²) in [6, 6.07) is 4.80. The van der Waals surface area contributed by atoms with Crippen molar-refractivity contribution in [2.45, 2.75) is 32.9 Å². The highest BCUT2D eigenvalue weighted by Crippen LogP contribution is 2.63. The summed E-state index contributed by atoms with van der Waals surface area (Å²) < 4.78 is 43.5. The van der Waals surface area contributed by atoms with E-state index in [4.69, 9.17) is 4.74 Å². The Bertz CT molecular complexity index is 744. The number of nitrogens with zero attached hydrogens (tertiary/aromatic N) is 1. The number of rotatable bonds is 3. The number of benzene rings is 1. The van der Waals surface area contributed by atoms with Gasteiger partial charge in [0.2, 0.25) is 5.91 Å². The van der Waals surface area contributed by atoms with Gasteiger partial charge >= 0.3 is 12.1 Å². The zero-order valence-corrected chi connectivity index (χ0v) is 15.0. The smallest absolute Gasteiger partial charge is 0.416 e. The number of fused-ring (bicyclic) bond motifs is 1. The van der Waals surface area contributed by atoms with Crippen molar-refractivity contribution in [3.05, 3.63) is 35.4 Å². The maximum atomic E-state index is 12.8. The van der Waals surface area contributed by atoms with Crippen molar-refractivity contribution >= 4 is 11.9 Å². The Hall–Kier alpha value is -2.05. The second-order valence-electron chi connectivity index (χ2n) is 8.01. The average Bonchev–Trinajstić information content (AvgIpc) is 2.89. The first kappa shape index (κ1) is 18.7. The molecule has 0 unspecified atom stereocenters. The molecule has 1 aliphatic carbocycles. The molecule has 1 heterocycles. The van der Waals surface area contributed by atoms with E-state index in [-0.39, 0.29) is 36.2 Å². The van der Waals surface area contributed by atoms with E-state index in [1.807, 2.05) is 0 Å². The first-order valence-electron chi connectivity index (χ1n) is 8.52. The lowest BCUT2D eigenvalue weighted by Crippen LogP contribution is -2.57. The van der Waals surface area contributed by atoms with Crippen LogP contribution in [0.5, 0.6) is 0 Å². The molecule has 1 aromatic rings. The summed E-state index contributed by atoms with van der Waals surface area (Å²) in [4.78, 5) is 26.5. The molecule has 7 heteroatoms. The van der Waals surface area contributed by atoms with Gasteiger partial charge in [-0.2, -0.15) is 13.2 Å². The lowest BCUT2D eigenvalue weighted by molar-refractivity contribution is -0.174. The monoisotopic (exact) mass is 369 g/mol. The number of amides is 1. The number of alkyl halides is 3. The van der Waals surface area contributed by atoms with Gasteiger partial charge in [0.1, 0.15) is 0 Å². The minimum absolute atomic E-state index is 0.00732. The molecule has 0 N–H and O–H groups in total. The van der Waals surface area contributed by atoms with Gasteiger partial charge in [-0.05, 0) is 29.4 Å². The van der Waals surface area contributed by atoms with Crippen molar-refractivity contribution in [3.63, 3.8) is 0 Å². The first-order chi connectivity index (χ1) is 12.0. The highest BCUT2D eigenvalue weighted by molar-refractivity contribution is 5.84. The SMILES string of the molecule is COC(=O)[C@@]12CN(C(=O)Cc3cccc(C(F)(F)F)c3)C[C@@H]1C(C)(C)C2. The number of carbonyl (C=O) groups excluding carboxylic acids is 2. The molecule has 4 nitrogen and oxygen atoms in total. The van der Waals surface area contributed by atoms with Crippen LogP contribution in [0.3, 0.4) is 0 Å². The van der Waals surface area contributed by atoms with Crippen LogP contribution in [0.1, 0.15) is 31.4 Å². The van der Waals surface area contributed by atoms with Crippen LogP contribution >= 0.6 is 0 Å². The molecule has 3 rings (SSSR count). The number of hydrogen-bond donors (Lipinski definition) is 0. The van der Waals surface area contributed by atoms with Crippen molar-refractivity contribution in [2.24, 2.45) is 16.7 Å². The van der Waals surface area contributed by atoms with Crippen molar-refractivity contribution in [1.29, 1.82) is 0 Å². The summed E-state index contributed by atoms with van der Waals surface area (Å²) in [5.41, 5.74) is -1.20. The molecular weight excluding hydrogens is 347 g/mol. The molecule has 1 aromatic carbocycles. The second kappa shape index (κ2) is 5.99. The van der Waals surface area contributed by atoms with Crippen molar-refractivity contribution in [1.82, 2.24) is 4.90 Å². The van der Waals surface area contributed by atoms with Crippen molar-refractivity contribution in [2.75, 3.05) is 20.2 Å². The van der Waals surface area contributed by atoms with E-state index in [9.17, 15) is 22.8 Å². The van der Waals surface area contributed by atoms with E-state index in [1.165, 1.54) is 19.2 Å². The van der Waals surface area contributed by atoms with Gasteiger partial charge in [-0.25, -0.2) is 0 Å². The van der Waals surface area contributed by atoms with E-state index >= 15 is 0 Å². The van der Waals surface area contributed by atoms with Gasteiger partial charge in [-0.1, -0.05) is 32.0 Å². The van der Waals surface area contributed by atoms with Crippen LogP contribution in [-0.4, -0.2) is 37.0 Å². The normalized spacial score (nSPS) is 26.8. The van der Waals surface area contributed by atoms with Gasteiger partial charge in [0.05, 0.1) is 24.5 Å². The van der Waals surface area contributed by atoms with E-state index in [2.05, 4.69) is 13.8 Å². The van der Waals surface area contributed by atoms with Gasteiger partial charge in [0, 0.05) is 13.1 Å². The lowest BCUT2D eigenvalue weighted by atomic mass is 9.48. The zero-order valence-electron chi connectivity index (χ0n) is 15.0. The Morgan fingerprint density at radius 2 is 2.00 bits per heavy atom. The topological polar surface area (TPSA) is 46.6 Å². The predicted octanol–water partition coefficient (Wildman–Crippen LogP) is 3.30. The highest BCUT2D eigenvalue weighted by Gasteiger charge is 2.67. The fraction of sp³-hybridized carbons (Fsp3) is 0.579. The predicted molar refractivity (Wildman–Crippen MR) is 88.1 cm³/mol. The second-order valence-corrected chi connectivity index (χ2v) is 8.01. The van der Waals surface area contributed by atoms with E-state index < -0.39 is 17.2 Å². The zero-order chi connectivity index (χ0) is 19.3. The third-order valence-corrected chi connectivity index (χ3v) is 5.81. The third kappa shape index (κ3) is 2.97. The first-order valence-corrected chi connectivity index (χ1v) is 8.52. The Labute approximate surface area is 150 Å². The molecule has 1 saturated carbocycles. The van der Waals surface area contributed by atoms with Gasteiger partial charge in [-0.15, -0.1) is 0 Å². The Balaban J connectivity index is 1.75. The number of halogens is 3. The van der Waals surface area contributed by atoms with Crippen LogP contribution in [0, 0.1) is 16.7 Å². The summed E-state index contributed by atoms with van der Waals surface area (Å²) in [5, 5.41) is 0. The van der Waals surface area contributed by atoms with Gasteiger partial charge in [0.15, 0.2) is 0 Å². The third-order valence-electron chi connectivity index (χ3n) is 5.81. The summed E-state index contributed by atoms with van der Waals surface area (Å²) in [6.45, 7) is 4.81. The Kier molecular flexibility index (Phi) is 4.32. The minimum atomic E-state index is -4.44. The van der Waals surface area contributed by atoms with E-state index in [0.717, 1.165) is 12.1 Å². The Morgan fingerprint density at radius 1 is 1.31 bits per heavy atom. The average molecular weight is 369 g/mol. The molecule has 1 saturated heterocycles. The summed E-state index contributed by atoms with van der Waals surface area (Å²) in [7, 11) is 1.34. The minimum Gasteiger partial charge on any atom is -0.469 e. The molecule has 1 aliphatic heterocycles. The lowest BCUT2D eigenvalue weighted by Gasteiger charge is -2.54. The fourth-order valence-corrected chi connectivity index (χ4v) is 4.71. The van der Waals surface area contributed by atoms with Crippen LogP contribution in [0.25, 0.3) is 0 Å². The summed E-state index contributed by atoms with van der Waals surface area (Å²) in [6.07, 6.45) is -3.91. The molecule has 0 spiro atoms. The molecule has 2 aliphatic rings. The summed E-state index contributed by atoms with van der Waals surface area (Å²) >= 11 is 0. The van der Waals surface area contributed by atoms with Gasteiger partial charge < -0.3 is 9.64 Å².